The molecule has 9 amide bonds. The van der Waals surface area contributed by atoms with Gasteiger partial charge in [0.25, 0.3) is 0 Å². The molecule has 11 atom stereocenters. The van der Waals surface area contributed by atoms with Gasteiger partial charge in [0.05, 0.1) is 32.1 Å². The summed E-state index contributed by atoms with van der Waals surface area (Å²) in [4.78, 5) is 161. The lowest BCUT2D eigenvalue weighted by molar-refractivity contribution is -0.147. The maximum Gasteiger partial charge on any atom is 0.326 e. The molecule has 416 valence electrons. The molecule has 0 bridgehead atoms. The lowest BCUT2D eigenvalue weighted by Crippen LogP contribution is -2.62. The molecule has 0 radical (unpaired) electrons. The highest BCUT2D eigenvalue weighted by Gasteiger charge is 2.37. The van der Waals surface area contributed by atoms with Crippen molar-refractivity contribution in [3.05, 3.63) is 18.2 Å². The first-order valence-corrected chi connectivity index (χ1v) is 23.5. The van der Waals surface area contributed by atoms with Crippen molar-refractivity contribution in [1.82, 2.24) is 57.8 Å². The maximum atomic E-state index is 13.8. The average molecular weight is 1060 g/mol. The van der Waals surface area contributed by atoms with Crippen molar-refractivity contribution in [2.24, 2.45) is 23.5 Å². The summed E-state index contributed by atoms with van der Waals surface area (Å²) in [6.45, 7) is 9.88. The molecule has 0 aliphatic heterocycles. The summed E-state index contributed by atoms with van der Waals surface area (Å²) in [6, 6.07) is -15.7. The second-order valence-corrected chi connectivity index (χ2v) is 18.5. The lowest BCUT2D eigenvalue weighted by atomic mass is 9.99. The first-order chi connectivity index (χ1) is 34.4. The van der Waals surface area contributed by atoms with Crippen LogP contribution in [0.3, 0.4) is 0 Å². The third-order valence-corrected chi connectivity index (χ3v) is 10.9. The van der Waals surface area contributed by atoms with Crippen LogP contribution in [-0.4, -0.2) is 191 Å². The molecule has 18 N–H and O–H groups in total. The van der Waals surface area contributed by atoms with Gasteiger partial charge in [-0.25, -0.2) is 9.78 Å². The summed E-state index contributed by atoms with van der Waals surface area (Å²) in [7, 11) is 0. The standard InChI is InChI=1S/C44H72N12O18/c1-18(2)11-25(51-38(67)26(12-23-14-46-17-47-23)50-35(64)21(7)48-41(70)32(45)22(8)59)37(66)53-29(16-58)40(69)55-34(20(5)6)43(72)56-33(19(3)4)42(71)54-28(15-57)39(68)49-24(9-10-30(60)61)36(65)52-27(44(73)74)13-31(62)63/h14,17-22,24-29,32-34,57-59H,9-13,15-16,45H2,1-8H3,(H,46,47)(H,48,70)(H,49,68)(H,50,64)(H,51,67)(H,52,65)(H,53,66)(H,54,71)(H,55,69)(H,56,72)(H,60,61)(H,62,63)(H,73,74)/t21-,22+,24-,25-,26-,27-,28-,29-,32-,33-,34-/m0/s1. The van der Waals surface area contributed by atoms with E-state index >= 15 is 0 Å². The molecule has 74 heavy (non-hydrogen) atoms. The Hall–Kier alpha value is -7.31. The number of nitrogens with one attached hydrogen (secondary N) is 10. The fraction of sp³-hybridized carbons (Fsp3) is 0.659. The number of aliphatic hydroxyl groups is 3. The number of aliphatic hydroxyl groups excluding tert-OH is 3. The molecule has 1 aromatic rings. The molecule has 0 fully saturated rings. The van der Waals surface area contributed by atoms with E-state index in [4.69, 9.17) is 15.9 Å². The molecule has 0 aliphatic rings. The van der Waals surface area contributed by atoms with Crippen LogP contribution in [0.2, 0.25) is 0 Å². The van der Waals surface area contributed by atoms with Crippen molar-refractivity contribution >= 4 is 71.1 Å². The topological polar surface area (TPSA) is 489 Å². The molecule has 1 rings (SSSR count). The van der Waals surface area contributed by atoms with Crippen LogP contribution >= 0.6 is 0 Å². The fourth-order valence-corrected chi connectivity index (χ4v) is 6.64. The zero-order valence-electron chi connectivity index (χ0n) is 42.3. The van der Waals surface area contributed by atoms with Gasteiger partial charge < -0.3 is 89.2 Å². The van der Waals surface area contributed by atoms with Gasteiger partial charge in [-0.15, -0.1) is 0 Å². The summed E-state index contributed by atoms with van der Waals surface area (Å²) >= 11 is 0. The van der Waals surface area contributed by atoms with E-state index in [1.54, 1.807) is 13.8 Å². The van der Waals surface area contributed by atoms with Crippen LogP contribution in [0.4, 0.5) is 0 Å². The summed E-state index contributed by atoms with van der Waals surface area (Å²) < 4.78 is 0. The molecular formula is C44H72N12O18. The SMILES string of the molecule is CC(C)C[C@H](NC(=O)[C@H](Cc1cnc[nH]1)NC(=O)[C@H](C)NC(=O)[C@@H](N)[C@@H](C)O)C(=O)N[C@@H](CO)C(=O)N[C@H](C(=O)N[C@H](C(=O)N[C@@H](CO)C(=O)N[C@@H](CCC(=O)O)C(=O)N[C@@H](CC(=O)O)C(=O)O)C(C)C)C(C)C. The summed E-state index contributed by atoms with van der Waals surface area (Å²) in [5, 5.41) is 78.4. The number of hydrogen-bond acceptors (Lipinski definition) is 17. The Morgan fingerprint density at radius 2 is 0.973 bits per heavy atom. The molecule has 0 saturated carbocycles. The van der Waals surface area contributed by atoms with Crippen LogP contribution in [0.15, 0.2) is 12.5 Å². The highest BCUT2D eigenvalue weighted by molar-refractivity contribution is 5.99. The number of aromatic amines is 1. The number of carbonyl (C=O) groups is 12. The number of rotatable bonds is 33. The van der Waals surface area contributed by atoms with E-state index < -0.39 is 182 Å². The Morgan fingerprint density at radius 3 is 1.43 bits per heavy atom. The minimum atomic E-state index is -1.98. The number of aliphatic carboxylic acids is 3. The Morgan fingerprint density at radius 1 is 0.541 bits per heavy atom. The number of hydrogen-bond donors (Lipinski definition) is 17. The van der Waals surface area contributed by atoms with Gasteiger partial charge >= 0.3 is 17.9 Å². The van der Waals surface area contributed by atoms with Gasteiger partial charge in [0.15, 0.2) is 0 Å². The Bertz CT molecular complexity index is 2120. The smallest absolute Gasteiger partial charge is 0.326 e. The van der Waals surface area contributed by atoms with Crippen LogP contribution in [0.1, 0.15) is 86.8 Å². The van der Waals surface area contributed by atoms with E-state index in [9.17, 15) is 78.0 Å². The third kappa shape index (κ3) is 22.2. The number of carbonyl (C=O) groups excluding carboxylic acids is 9. The van der Waals surface area contributed by atoms with Gasteiger partial charge in [-0.1, -0.05) is 41.5 Å². The number of nitrogens with zero attached hydrogens (tertiary/aromatic N) is 1. The van der Waals surface area contributed by atoms with Gasteiger partial charge in [-0.2, -0.15) is 0 Å². The van der Waals surface area contributed by atoms with Crippen LogP contribution in [0.25, 0.3) is 0 Å². The van der Waals surface area contributed by atoms with Gasteiger partial charge in [0.2, 0.25) is 53.2 Å². The molecule has 0 aromatic carbocycles. The molecule has 0 unspecified atom stereocenters. The van der Waals surface area contributed by atoms with Crippen molar-refractivity contribution in [3.8, 4) is 0 Å². The summed E-state index contributed by atoms with van der Waals surface area (Å²) in [5.74, 6) is -15.7. The Kier molecular flexibility index (Phi) is 27.4. The molecule has 30 nitrogen and oxygen atoms in total. The van der Waals surface area contributed by atoms with Crippen molar-refractivity contribution in [2.45, 2.75) is 154 Å². The highest BCUT2D eigenvalue weighted by Crippen LogP contribution is 2.11. The Labute approximate surface area is 425 Å². The molecule has 0 spiro atoms. The number of amides is 9. The molecule has 1 heterocycles. The fourth-order valence-electron chi connectivity index (χ4n) is 6.64. The first-order valence-electron chi connectivity index (χ1n) is 23.5. The minimum absolute atomic E-state index is 0.0251. The molecule has 30 heteroatoms. The van der Waals surface area contributed by atoms with Crippen LogP contribution < -0.4 is 53.6 Å². The van der Waals surface area contributed by atoms with Gasteiger partial charge in [0.1, 0.15) is 60.4 Å². The van der Waals surface area contributed by atoms with Crippen LogP contribution in [0, 0.1) is 17.8 Å². The van der Waals surface area contributed by atoms with Crippen molar-refractivity contribution < 1.29 is 88.2 Å². The molecule has 0 saturated heterocycles. The van der Waals surface area contributed by atoms with Crippen LogP contribution in [-0.2, 0) is 64.0 Å². The van der Waals surface area contributed by atoms with E-state index in [2.05, 4.69) is 52.5 Å². The predicted octanol–water partition coefficient (Wildman–Crippen LogP) is -6.19. The lowest BCUT2D eigenvalue weighted by Gasteiger charge is -2.30. The number of H-pyrrole nitrogens is 1. The number of carboxylic acid groups (broad SMARTS) is 3. The number of carboxylic acids is 3. The number of aromatic nitrogens is 2. The van der Waals surface area contributed by atoms with Crippen molar-refractivity contribution in [3.63, 3.8) is 0 Å². The summed E-state index contributed by atoms with van der Waals surface area (Å²) in [6.07, 6.45) is -1.19. The summed E-state index contributed by atoms with van der Waals surface area (Å²) in [5.41, 5.74) is 6.05. The normalized spacial score (nSPS) is 15.7. The second-order valence-electron chi connectivity index (χ2n) is 18.5. The monoisotopic (exact) mass is 1060 g/mol. The average Bonchev–Trinajstić information content (AvgIpc) is 3.83. The number of imidazole rings is 1. The number of nitrogens with two attached hydrogens (primary N) is 1. The van der Waals surface area contributed by atoms with Crippen molar-refractivity contribution in [1.29, 1.82) is 0 Å². The Balaban J connectivity index is 3.26. The largest absolute Gasteiger partial charge is 0.481 e. The highest BCUT2D eigenvalue weighted by atomic mass is 16.4. The molecule has 1 aromatic heterocycles. The third-order valence-electron chi connectivity index (χ3n) is 10.9. The van der Waals surface area contributed by atoms with E-state index in [1.807, 2.05) is 5.32 Å². The maximum absolute atomic E-state index is 13.8. The van der Waals surface area contributed by atoms with Crippen LogP contribution in [0.5, 0.6) is 0 Å². The zero-order valence-corrected chi connectivity index (χ0v) is 42.3. The predicted molar refractivity (Wildman–Crippen MR) is 255 cm³/mol. The van der Waals surface area contributed by atoms with Gasteiger partial charge in [0, 0.05) is 24.7 Å². The van der Waals surface area contributed by atoms with Crippen molar-refractivity contribution in [2.75, 3.05) is 13.2 Å². The zero-order chi connectivity index (χ0) is 56.7. The second kappa shape index (κ2) is 31.3. The van der Waals surface area contributed by atoms with E-state index in [-0.39, 0.29) is 18.8 Å². The van der Waals surface area contributed by atoms with E-state index in [0.717, 1.165) is 0 Å². The van der Waals surface area contributed by atoms with E-state index in [0.29, 0.717) is 5.69 Å². The minimum Gasteiger partial charge on any atom is -0.481 e. The van der Waals surface area contributed by atoms with E-state index in [1.165, 1.54) is 54.1 Å². The van der Waals surface area contributed by atoms with Gasteiger partial charge in [-0.05, 0) is 44.4 Å². The first kappa shape index (κ1) is 64.7. The van der Waals surface area contributed by atoms with Gasteiger partial charge in [-0.3, -0.25) is 52.7 Å². The molecule has 0 aliphatic carbocycles. The quantitative estimate of drug-likeness (QED) is 0.0311. The molecular weight excluding hydrogens is 985 g/mol.